The Bertz CT molecular complexity index is 496. The summed E-state index contributed by atoms with van der Waals surface area (Å²) in [5.41, 5.74) is 0.692. The number of nitrogens with zero attached hydrogens (tertiary/aromatic N) is 2. The summed E-state index contributed by atoms with van der Waals surface area (Å²) in [5.74, 6) is 0.605. The molecule has 1 amide bonds. The van der Waals surface area contributed by atoms with Crippen molar-refractivity contribution in [3.05, 3.63) is 23.4 Å². The Labute approximate surface area is 120 Å². The van der Waals surface area contributed by atoms with Crippen molar-refractivity contribution in [1.82, 2.24) is 9.88 Å². The molecule has 1 aliphatic rings. The molecule has 0 unspecified atom stereocenters. The van der Waals surface area contributed by atoms with Crippen LogP contribution in [0.5, 0.6) is 0 Å². The number of rotatable bonds is 4. The zero-order chi connectivity index (χ0) is 14.8. The fourth-order valence-electron chi connectivity index (χ4n) is 2.84. The standard InChI is InChI=1S/C15H23N3O2/c1-11-8-12(9-13(16-2)17-11)14(19)18(3)10-15(20)6-4-5-7-15/h8-9,20H,4-7,10H2,1-3H3,(H,16,17). The molecule has 0 aliphatic heterocycles. The van der Waals surface area contributed by atoms with E-state index in [1.54, 1.807) is 31.1 Å². The molecule has 5 heteroatoms. The van der Waals surface area contributed by atoms with E-state index in [2.05, 4.69) is 10.3 Å². The monoisotopic (exact) mass is 277 g/mol. The highest BCUT2D eigenvalue weighted by molar-refractivity contribution is 5.94. The molecule has 110 valence electrons. The van der Waals surface area contributed by atoms with Crippen molar-refractivity contribution in [1.29, 1.82) is 0 Å². The smallest absolute Gasteiger partial charge is 0.253 e. The minimum absolute atomic E-state index is 0.0766. The molecule has 0 aromatic carbocycles. The Morgan fingerprint density at radius 1 is 1.45 bits per heavy atom. The molecule has 5 nitrogen and oxygen atoms in total. The number of anilines is 1. The average Bonchev–Trinajstić information content (AvgIpc) is 2.83. The fraction of sp³-hybridized carbons (Fsp3) is 0.600. The second-order valence-electron chi connectivity index (χ2n) is 5.73. The van der Waals surface area contributed by atoms with Gasteiger partial charge in [0.2, 0.25) is 0 Å². The van der Waals surface area contributed by atoms with Crippen LogP contribution in [0.25, 0.3) is 0 Å². The number of pyridine rings is 1. The summed E-state index contributed by atoms with van der Waals surface area (Å²) in [4.78, 5) is 18.3. The van der Waals surface area contributed by atoms with Gasteiger partial charge in [0, 0.05) is 31.9 Å². The Kier molecular flexibility index (Phi) is 4.28. The van der Waals surface area contributed by atoms with Crippen molar-refractivity contribution in [2.75, 3.05) is 26.0 Å². The molecular weight excluding hydrogens is 254 g/mol. The molecule has 1 saturated carbocycles. The van der Waals surface area contributed by atoms with Gasteiger partial charge in [-0.15, -0.1) is 0 Å². The van der Waals surface area contributed by atoms with Gasteiger partial charge in [-0.1, -0.05) is 12.8 Å². The molecule has 1 heterocycles. The van der Waals surface area contributed by atoms with Gasteiger partial charge in [-0.3, -0.25) is 4.79 Å². The van der Waals surface area contributed by atoms with Crippen LogP contribution in [-0.4, -0.2) is 47.1 Å². The highest BCUT2D eigenvalue weighted by Gasteiger charge is 2.33. The number of aromatic nitrogens is 1. The Morgan fingerprint density at radius 3 is 2.70 bits per heavy atom. The first-order chi connectivity index (χ1) is 9.43. The van der Waals surface area contributed by atoms with Crippen molar-refractivity contribution in [3.63, 3.8) is 0 Å². The molecule has 2 rings (SSSR count). The van der Waals surface area contributed by atoms with Crippen molar-refractivity contribution in [3.8, 4) is 0 Å². The first-order valence-electron chi connectivity index (χ1n) is 7.08. The predicted molar refractivity (Wildman–Crippen MR) is 78.9 cm³/mol. The van der Waals surface area contributed by atoms with E-state index >= 15 is 0 Å². The minimum Gasteiger partial charge on any atom is -0.388 e. The van der Waals surface area contributed by atoms with E-state index < -0.39 is 5.60 Å². The summed E-state index contributed by atoms with van der Waals surface area (Å²) >= 11 is 0. The number of aliphatic hydroxyl groups is 1. The number of hydrogen-bond acceptors (Lipinski definition) is 4. The molecule has 1 aromatic heterocycles. The Hall–Kier alpha value is -1.62. The highest BCUT2D eigenvalue weighted by atomic mass is 16.3. The lowest BCUT2D eigenvalue weighted by Gasteiger charge is -2.28. The van der Waals surface area contributed by atoms with Crippen molar-refractivity contribution >= 4 is 11.7 Å². The maximum absolute atomic E-state index is 12.5. The number of likely N-dealkylation sites (N-methyl/N-ethyl adjacent to an activating group) is 1. The predicted octanol–water partition coefficient (Wildman–Crippen LogP) is 1.81. The number of nitrogens with one attached hydrogen (secondary N) is 1. The lowest BCUT2D eigenvalue weighted by Crippen LogP contribution is -2.42. The number of amides is 1. The Balaban J connectivity index is 2.12. The summed E-state index contributed by atoms with van der Waals surface area (Å²) in [6, 6.07) is 3.52. The van der Waals surface area contributed by atoms with Crippen LogP contribution in [0, 0.1) is 6.92 Å². The van der Waals surface area contributed by atoms with Crippen LogP contribution in [0.2, 0.25) is 0 Å². The molecule has 2 N–H and O–H groups in total. The normalized spacial score (nSPS) is 17.0. The SMILES string of the molecule is CNc1cc(C(=O)N(C)CC2(O)CCCC2)cc(C)n1. The molecule has 1 aromatic rings. The van der Waals surface area contributed by atoms with E-state index in [1.807, 2.05) is 6.92 Å². The Morgan fingerprint density at radius 2 is 2.10 bits per heavy atom. The second-order valence-corrected chi connectivity index (χ2v) is 5.73. The van der Waals surface area contributed by atoms with Gasteiger partial charge in [-0.2, -0.15) is 0 Å². The molecule has 1 fully saturated rings. The maximum atomic E-state index is 12.5. The molecule has 0 bridgehead atoms. The van der Waals surface area contributed by atoms with E-state index in [4.69, 9.17) is 0 Å². The molecule has 0 atom stereocenters. The number of carbonyl (C=O) groups is 1. The summed E-state index contributed by atoms with van der Waals surface area (Å²) in [5, 5.41) is 13.3. The van der Waals surface area contributed by atoms with Crippen LogP contribution in [0.15, 0.2) is 12.1 Å². The van der Waals surface area contributed by atoms with Gasteiger partial charge in [0.25, 0.3) is 5.91 Å². The number of hydrogen-bond donors (Lipinski definition) is 2. The van der Waals surface area contributed by atoms with E-state index in [-0.39, 0.29) is 5.91 Å². The van der Waals surface area contributed by atoms with Crippen LogP contribution in [-0.2, 0) is 0 Å². The third kappa shape index (κ3) is 3.28. The van der Waals surface area contributed by atoms with Crippen molar-refractivity contribution in [2.45, 2.75) is 38.2 Å². The summed E-state index contributed by atoms with van der Waals surface area (Å²) < 4.78 is 0. The number of carbonyl (C=O) groups excluding carboxylic acids is 1. The van der Waals surface area contributed by atoms with E-state index in [1.165, 1.54) is 0 Å². The van der Waals surface area contributed by atoms with E-state index in [0.717, 1.165) is 31.4 Å². The first-order valence-corrected chi connectivity index (χ1v) is 7.08. The van der Waals surface area contributed by atoms with Gasteiger partial charge < -0.3 is 15.3 Å². The minimum atomic E-state index is -0.710. The van der Waals surface area contributed by atoms with Crippen LogP contribution in [0.4, 0.5) is 5.82 Å². The van der Waals surface area contributed by atoms with Crippen molar-refractivity contribution in [2.24, 2.45) is 0 Å². The van der Waals surface area contributed by atoms with E-state index in [9.17, 15) is 9.90 Å². The quantitative estimate of drug-likeness (QED) is 0.881. The van der Waals surface area contributed by atoms with Crippen molar-refractivity contribution < 1.29 is 9.90 Å². The molecule has 0 spiro atoms. The second kappa shape index (κ2) is 5.79. The van der Waals surface area contributed by atoms with Crippen LogP contribution >= 0.6 is 0 Å². The third-order valence-corrected chi connectivity index (χ3v) is 3.87. The van der Waals surface area contributed by atoms with Gasteiger partial charge in [0.15, 0.2) is 0 Å². The van der Waals surface area contributed by atoms with Gasteiger partial charge in [-0.25, -0.2) is 4.98 Å². The van der Waals surface area contributed by atoms with Gasteiger partial charge in [0.1, 0.15) is 5.82 Å². The summed E-state index contributed by atoms with van der Waals surface area (Å²) in [6.45, 7) is 2.25. The molecule has 0 radical (unpaired) electrons. The lowest BCUT2D eigenvalue weighted by molar-refractivity contribution is 0.0157. The zero-order valence-electron chi connectivity index (χ0n) is 12.4. The van der Waals surface area contributed by atoms with Gasteiger partial charge in [0.05, 0.1) is 5.60 Å². The number of aryl methyl sites for hydroxylation is 1. The third-order valence-electron chi connectivity index (χ3n) is 3.87. The highest BCUT2D eigenvalue weighted by Crippen LogP contribution is 2.30. The first kappa shape index (κ1) is 14.8. The summed E-state index contributed by atoms with van der Waals surface area (Å²) in [7, 11) is 3.52. The van der Waals surface area contributed by atoms with Gasteiger partial charge in [-0.05, 0) is 31.9 Å². The average molecular weight is 277 g/mol. The lowest BCUT2D eigenvalue weighted by atomic mass is 10.0. The van der Waals surface area contributed by atoms with Crippen LogP contribution < -0.4 is 5.32 Å². The molecular formula is C15H23N3O2. The maximum Gasteiger partial charge on any atom is 0.253 e. The molecule has 0 saturated heterocycles. The zero-order valence-corrected chi connectivity index (χ0v) is 12.4. The largest absolute Gasteiger partial charge is 0.388 e. The fourth-order valence-corrected chi connectivity index (χ4v) is 2.84. The van der Waals surface area contributed by atoms with E-state index in [0.29, 0.717) is 17.9 Å². The topological polar surface area (TPSA) is 65.5 Å². The van der Waals surface area contributed by atoms with Crippen LogP contribution in [0.1, 0.15) is 41.7 Å². The van der Waals surface area contributed by atoms with Crippen LogP contribution in [0.3, 0.4) is 0 Å². The molecule has 20 heavy (non-hydrogen) atoms. The van der Waals surface area contributed by atoms with Gasteiger partial charge >= 0.3 is 0 Å². The molecule has 1 aliphatic carbocycles. The summed E-state index contributed by atoms with van der Waals surface area (Å²) in [6.07, 6.45) is 3.64.